The molecule has 15 heavy (non-hydrogen) atoms. The zero-order valence-electron chi connectivity index (χ0n) is 10.5. The molecule has 0 aromatic carbocycles. The van der Waals surface area contributed by atoms with Crippen LogP contribution in [0.2, 0.25) is 0 Å². The van der Waals surface area contributed by atoms with Crippen LogP contribution in [-0.2, 0) is 0 Å². The topological polar surface area (TPSA) is 0 Å². The van der Waals surface area contributed by atoms with Crippen LogP contribution in [0.3, 0.4) is 0 Å². The molecule has 0 heteroatoms. The number of hydrogen-bond donors (Lipinski definition) is 0. The van der Waals surface area contributed by atoms with Crippen molar-refractivity contribution in [2.75, 3.05) is 0 Å². The van der Waals surface area contributed by atoms with Gasteiger partial charge in [-0.05, 0) is 58.8 Å². The second-order valence-corrected chi connectivity index (χ2v) is 5.00. The molecule has 0 radical (unpaired) electrons. The lowest BCUT2D eigenvalue weighted by Crippen LogP contribution is -2.07. The summed E-state index contributed by atoms with van der Waals surface area (Å²) in [5.41, 5.74) is 4.43. The Kier molecular flexibility index (Phi) is 4.87. The molecule has 1 aliphatic carbocycles. The SMILES string of the molecule is C=C(CCC=C(C)C)[C@H]1CC=C(C)CC1. The molecular formula is C15H24. The van der Waals surface area contributed by atoms with Crippen LogP contribution in [0.1, 0.15) is 52.9 Å². The third-order valence-electron chi connectivity index (χ3n) is 3.23. The lowest BCUT2D eigenvalue weighted by Gasteiger charge is -2.22. The molecule has 0 N–H and O–H groups in total. The predicted molar refractivity (Wildman–Crippen MR) is 68.9 cm³/mol. The fourth-order valence-corrected chi connectivity index (χ4v) is 2.09. The van der Waals surface area contributed by atoms with Gasteiger partial charge in [0.15, 0.2) is 0 Å². The Balaban J connectivity index is 2.32. The Morgan fingerprint density at radius 2 is 2.27 bits per heavy atom. The zero-order valence-corrected chi connectivity index (χ0v) is 10.5. The van der Waals surface area contributed by atoms with Crippen LogP contribution in [0, 0.1) is 5.92 Å². The van der Waals surface area contributed by atoms with Crippen molar-refractivity contribution in [1.29, 1.82) is 0 Å². The van der Waals surface area contributed by atoms with Crippen molar-refractivity contribution >= 4 is 0 Å². The van der Waals surface area contributed by atoms with Crippen molar-refractivity contribution in [2.45, 2.75) is 52.9 Å². The van der Waals surface area contributed by atoms with E-state index in [1.54, 1.807) is 5.57 Å². The summed E-state index contributed by atoms with van der Waals surface area (Å²) in [5, 5.41) is 0. The summed E-state index contributed by atoms with van der Waals surface area (Å²) >= 11 is 0. The van der Waals surface area contributed by atoms with Crippen LogP contribution in [0.15, 0.2) is 35.5 Å². The van der Waals surface area contributed by atoms with Crippen LogP contribution in [-0.4, -0.2) is 0 Å². The van der Waals surface area contributed by atoms with Crippen LogP contribution in [0.5, 0.6) is 0 Å². The maximum absolute atomic E-state index is 4.24. The first-order chi connectivity index (χ1) is 7.09. The normalized spacial score (nSPS) is 20.7. The molecule has 0 aromatic heterocycles. The fourth-order valence-electron chi connectivity index (χ4n) is 2.09. The summed E-state index contributed by atoms with van der Waals surface area (Å²) in [6.45, 7) is 10.8. The van der Waals surface area contributed by atoms with Gasteiger partial charge in [-0.3, -0.25) is 0 Å². The second-order valence-electron chi connectivity index (χ2n) is 5.00. The van der Waals surface area contributed by atoms with E-state index in [4.69, 9.17) is 0 Å². The van der Waals surface area contributed by atoms with E-state index in [1.807, 2.05) is 0 Å². The van der Waals surface area contributed by atoms with Gasteiger partial charge in [0.2, 0.25) is 0 Å². The van der Waals surface area contributed by atoms with E-state index in [9.17, 15) is 0 Å². The minimum atomic E-state index is 0.749. The van der Waals surface area contributed by atoms with E-state index in [0.29, 0.717) is 0 Å². The number of hydrogen-bond acceptors (Lipinski definition) is 0. The summed E-state index contributed by atoms with van der Waals surface area (Å²) in [6, 6.07) is 0. The van der Waals surface area contributed by atoms with Crippen LogP contribution >= 0.6 is 0 Å². The van der Waals surface area contributed by atoms with Crippen LogP contribution < -0.4 is 0 Å². The van der Waals surface area contributed by atoms with Crippen LogP contribution in [0.25, 0.3) is 0 Å². The summed E-state index contributed by atoms with van der Waals surface area (Å²) in [7, 11) is 0. The van der Waals surface area contributed by atoms with E-state index in [2.05, 4.69) is 39.5 Å². The molecule has 0 unspecified atom stereocenters. The van der Waals surface area contributed by atoms with Gasteiger partial charge in [0.1, 0.15) is 0 Å². The van der Waals surface area contributed by atoms with E-state index < -0.39 is 0 Å². The predicted octanol–water partition coefficient (Wildman–Crippen LogP) is 5.04. The highest BCUT2D eigenvalue weighted by Crippen LogP contribution is 2.30. The molecule has 0 amide bonds. The van der Waals surface area contributed by atoms with Gasteiger partial charge in [0.05, 0.1) is 0 Å². The Bertz CT molecular complexity index is 274. The molecule has 1 aliphatic rings. The van der Waals surface area contributed by atoms with Gasteiger partial charge >= 0.3 is 0 Å². The van der Waals surface area contributed by atoms with Crippen LogP contribution in [0.4, 0.5) is 0 Å². The first-order valence-electron chi connectivity index (χ1n) is 6.06. The highest BCUT2D eigenvalue weighted by Gasteiger charge is 2.14. The molecular weight excluding hydrogens is 180 g/mol. The standard InChI is InChI=1S/C15H24/c1-12(2)6-5-7-14(4)15-10-8-13(3)9-11-15/h6,8,15H,4-5,7,9-11H2,1-3H3/t15-/m0/s1. The second kappa shape index (κ2) is 5.95. The quantitative estimate of drug-likeness (QED) is 0.563. The lowest BCUT2D eigenvalue weighted by molar-refractivity contribution is 0.524. The minimum absolute atomic E-state index is 0.749. The fraction of sp³-hybridized carbons (Fsp3) is 0.600. The van der Waals surface area contributed by atoms with E-state index in [1.165, 1.54) is 43.3 Å². The van der Waals surface area contributed by atoms with Gasteiger partial charge < -0.3 is 0 Å². The zero-order chi connectivity index (χ0) is 11.3. The smallest absolute Gasteiger partial charge is 0.0168 e. The van der Waals surface area contributed by atoms with Crippen molar-refractivity contribution < 1.29 is 0 Å². The van der Waals surface area contributed by atoms with E-state index in [0.717, 1.165) is 5.92 Å². The molecule has 1 rings (SSSR count). The first-order valence-corrected chi connectivity index (χ1v) is 6.06. The minimum Gasteiger partial charge on any atom is -0.0996 e. The molecule has 0 saturated heterocycles. The van der Waals surface area contributed by atoms with Crippen molar-refractivity contribution in [3.8, 4) is 0 Å². The van der Waals surface area contributed by atoms with Gasteiger partial charge in [-0.2, -0.15) is 0 Å². The largest absolute Gasteiger partial charge is 0.0996 e. The molecule has 0 aliphatic heterocycles. The average molecular weight is 204 g/mol. The van der Waals surface area contributed by atoms with Gasteiger partial charge in [0, 0.05) is 0 Å². The summed E-state index contributed by atoms with van der Waals surface area (Å²) in [5.74, 6) is 0.749. The van der Waals surface area contributed by atoms with Crippen molar-refractivity contribution in [1.82, 2.24) is 0 Å². The Hall–Kier alpha value is -0.780. The highest BCUT2D eigenvalue weighted by molar-refractivity contribution is 5.12. The Labute approximate surface area is 94.8 Å². The Morgan fingerprint density at radius 3 is 2.80 bits per heavy atom. The molecule has 0 aromatic rings. The summed E-state index contributed by atoms with van der Waals surface area (Å²) in [6.07, 6.45) is 10.8. The summed E-state index contributed by atoms with van der Waals surface area (Å²) in [4.78, 5) is 0. The molecule has 0 nitrogen and oxygen atoms in total. The van der Waals surface area contributed by atoms with Gasteiger partial charge in [-0.15, -0.1) is 0 Å². The Morgan fingerprint density at radius 1 is 1.53 bits per heavy atom. The highest BCUT2D eigenvalue weighted by atomic mass is 14.2. The first kappa shape index (κ1) is 12.3. The van der Waals surface area contributed by atoms with Crippen molar-refractivity contribution in [2.24, 2.45) is 5.92 Å². The summed E-state index contributed by atoms with van der Waals surface area (Å²) < 4.78 is 0. The maximum atomic E-state index is 4.24. The van der Waals surface area contributed by atoms with E-state index >= 15 is 0 Å². The molecule has 1 atom stereocenters. The third-order valence-corrected chi connectivity index (χ3v) is 3.23. The van der Waals surface area contributed by atoms with E-state index in [-0.39, 0.29) is 0 Å². The van der Waals surface area contributed by atoms with Crippen molar-refractivity contribution in [3.05, 3.63) is 35.5 Å². The lowest BCUT2D eigenvalue weighted by atomic mass is 9.84. The molecule has 0 fully saturated rings. The van der Waals surface area contributed by atoms with Gasteiger partial charge in [-0.1, -0.05) is 35.5 Å². The number of allylic oxidation sites excluding steroid dienone is 5. The molecule has 84 valence electrons. The molecule has 0 saturated carbocycles. The molecule has 0 bridgehead atoms. The third kappa shape index (κ3) is 4.51. The monoisotopic (exact) mass is 204 g/mol. The van der Waals surface area contributed by atoms with Gasteiger partial charge in [0.25, 0.3) is 0 Å². The molecule has 0 heterocycles. The van der Waals surface area contributed by atoms with Crippen molar-refractivity contribution in [3.63, 3.8) is 0 Å². The number of rotatable bonds is 4. The molecule has 0 spiro atoms. The maximum Gasteiger partial charge on any atom is -0.0168 e. The average Bonchev–Trinajstić information content (AvgIpc) is 2.18. The van der Waals surface area contributed by atoms with Gasteiger partial charge in [-0.25, -0.2) is 0 Å².